The zero-order chi connectivity index (χ0) is 15.4. The molecule has 0 amide bonds. The fraction of sp³-hybridized carbons (Fsp3) is 0.950. The van der Waals surface area contributed by atoms with Crippen LogP contribution in [0.4, 0.5) is 0 Å². The predicted octanol–water partition coefficient (Wildman–Crippen LogP) is 4.61. The number of ketones is 1. The third kappa shape index (κ3) is 2.20. The van der Waals surface area contributed by atoms with Crippen molar-refractivity contribution in [1.29, 1.82) is 0 Å². The van der Waals surface area contributed by atoms with Gasteiger partial charge in [-0.05, 0) is 67.1 Å². The second-order valence-electron chi connectivity index (χ2n) is 9.31. The molecule has 22 heavy (non-hydrogen) atoms. The van der Waals surface area contributed by atoms with Crippen LogP contribution < -0.4 is 0 Å². The maximum atomic E-state index is 12.9. The number of rotatable bonds is 1. The molecule has 3 aliphatic carbocycles. The van der Waals surface area contributed by atoms with E-state index in [0.717, 1.165) is 32.0 Å². The largest absolute Gasteiger partial charge is 0.381 e. The van der Waals surface area contributed by atoms with Gasteiger partial charge in [0.25, 0.3) is 0 Å². The first-order valence-corrected chi connectivity index (χ1v) is 9.63. The zero-order valence-corrected chi connectivity index (χ0v) is 14.4. The van der Waals surface area contributed by atoms with Gasteiger partial charge in [-0.1, -0.05) is 26.7 Å². The van der Waals surface area contributed by atoms with Gasteiger partial charge in [0.1, 0.15) is 5.78 Å². The normalized spacial score (nSPS) is 52.2. The molecule has 1 aliphatic heterocycles. The first-order chi connectivity index (χ1) is 10.5. The number of fused-ring (bicyclic) bond motifs is 3. The molecule has 0 aromatic heterocycles. The highest BCUT2D eigenvalue weighted by atomic mass is 16.5. The molecule has 2 heteroatoms. The Bertz CT molecular complexity index is 453. The van der Waals surface area contributed by atoms with Crippen molar-refractivity contribution in [1.82, 2.24) is 0 Å². The van der Waals surface area contributed by atoms with Gasteiger partial charge in [-0.15, -0.1) is 0 Å². The second kappa shape index (κ2) is 5.33. The average Bonchev–Trinajstić information content (AvgIpc) is 3.00. The summed E-state index contributed by atoms with van der Waals surface area (Å²) in [5.41, 5.74) is 0.786. The van der Waals surface area contributed by atoms with Crippen LogP contribution in [0, 0.1) is 34.5 Å². The van der Waals surface area contributed by atoms with Crippen LogP contribution in [0.15, 0.2) is 0 Å². The molecule has 0 bridgehead atoms. The van der Waals surface area contributed by atoms with E-state index in [0.29, 0.717) is 29.0 Å². The molecule has 0 spiro atoms. The monoisotopic (exact) mass is 304 g/mol. The quantitative estimate of drug-likeness (QED) is 0.707. The summed E-state index contributed by atoms with van der Waals surface area (Å²) in [5.74, 6) is 2.99. The Hall–Kier alpha value is -0.370. The van der Waals surface area contributed by atoms with Crippen molar-refractivity contribution in [2.24, 2.45) is 34.5 Å². The molecule has 4 rings (SSSR count). The average molecular weight is 304 g/mol. The lowest BCUT2D eigenvalue weighted by molar-refractivity contribution is -0.154. The Kier molecular flexibility index (Phi) is 3.67. The second-order valence-corrected chi connectivity index (χ2v) is 9.31. The van der Waals surface area contributed by atoms with Crippen molar-refractivity contribution in [3.8, 4) is 0 Å². The van der Waals surface area contributed by atoms with Gasteiger partial charge in [0.05, 0.1) is 0 Å². The summed E-state index contributed by atoms with van der Waals surface area (Å²) < 4.78 is 5.63. The lowest BCUT2D eigenvalue weighted by atomic mass is 9.43. The summed E-state index contributed by atoms with van der Waals surface area (Å²) in [6.07, 6.45) is 11.3. The van der Waals surface area contributed by atoms with Crippen molar-refractivity contribution < 1.29 is 9.53 Å². The van der Waals surface area contributed by atoms with Crippen LogP contribution in [-0.4, -0.2) is 19.0 Å². The molecule has 4 unspecified atom stereocenters. The van der Waals surface area contributed by atoms with Gasteiger partial charge < -0.3 is 4.74 Å². The van der Waals surface area contributed by atoms with Gasteiger partial charge in [-0.3, -0.25) is 4.79 Å². The van der Waals surface area contributed by atoms with Crippen molar-refractivity contribution in [2.45, 2.75) is 71.6 Å². The molecule has 0 N–H and O–H groups in total. The highest BCUT2D eigenvalue weighted by Crippen LogP contribution is 2.64. The van der Waals surface area contributed by atoms with Gasteiger partial charge in [0.2, 0.25) is 0 Å². The molecule has 124 valence electrons. The van der Waals surface area contributed by atoms with Crippen molar-refractivity contribution >= 4 is 5.78 Å². The van der Waals surface area contributed by atoms with E-state index in [2.05, 4.69) is 13.8 Å². The first kappa shape index (κ1) is 15.2. The molecule has 0 aromatic rings. The van der Waals surface area contributed by atoms with E-state index in [9.17, 15) is 4.79 Å². The molecule has 0 aromatic carbocycles. The van der Waals surface area contributed by atoms with Crippen LogP contribution >= 0.6 is 0 Å². The summed E-state index contributed by atoms with van der Waals surface area (Å²) in [4.78, 5) is 12.9. The van der Waals surface area contributed by atoms with E-state index in [1.165, 1.54) is 44.9 Å². The Morgan fingerprint density at radius 2 is 1.91 bits per heavy atom. The van der Waals surface area contributed by atoms with Crippen molar-refractivity contribution in [3.63, 3.8) is 0 Å². The van der Waals surface area contributed by atoms with E-state index in [4.69, 9.17) is 4.74 Å². The fourth-order valence-electron chi connectivity index (χ4n) is 6.98. The number of carbonyl (C=O) groups is 1. The number of carbonyl (C=O) groups excluding carboxylic acids is 1. The molecule has 4 aliphatic rings. The predicted molar refractivity (Wildman–Crippen MR) is 87.6 cm³/mol. The lowest BCUT2D eigenvalue weighted by Gasteiger charge is -2.61. The Morgan fingerprint density at radius 1 is 1.05 bits per heavy atom. The highest BCUT2D eigenvalue weighted by Gasteiger charge is 2.58. The number of Topliss-reactive ketones (excluding diaryl/α,β-unsaturated/α-hetero) is 1. The first-order valence-electron chi connectivity index (χ1n) is 9.63. The highest BCUT2D eigenvalue weighted by molar-refractivity contribution is 5.83. The van der Waals surface area contributed by atoms with Crippen molar-refractivity contribution in [2.75, 3.05) is 13.2 Å². The number of hydrogen-bond acceptors (Lipinski definition) is 2. The van der Waals surface area contributed by atoms with Crippen LogP contribution in [0.5, 0.6) is 0 Å². The van der Waals surface area contributed by atoms with E-state index < -0.39 is 0 Å². The van der Waals surface area contributed by atoms with Crippen LogP contribution in [-0.2, 0) is 9.53 Å². The smallest absolute Gasteiger partial charge is 0.136 e. The minimum atomic E-state index is 0.274. The van der Waals surface area contributed by atoms with E-state index in [-0.39, 0.29) is 5.41 Å². The maximum Gasteiger partial charge on any atom is 0.136 e. The summed E-state index contributed by atoms with van der Waals surface area (Å²) in [6.45, 7) is 6.84. The van der Waals surface area contributed by atoms with Crippen molar-refractivity contribution in [3.05, 3.63) is 0 Å². The molecule has 6 atom stereocenters. The molecular weight excluding hydrogens is 272 g/mol. The van der Waals surface area contributed by atoms with Gasteiger partial charge in [-0.25, -0.2) is 0 Å². The van der Waals surface area contributed by atoms with Crippen LogP contribution in [0.1, 0.15) is 71.6 Å². The van der Waals surface area contributed by atoms with Crippen LogP contribution in [0.3, 0.4) is 0 Å². The molecule has 1 saturated heterocycles. The van der Waals surface area contributed by atoms with Gasteiger partial charge in [0, 0.05) is 25.6 Å². The van der Waals surface area contributed by atoms with E-state index in [1.54, 1.807) is 0 Å². The molecule has 3 saturated carbocycles. The summed E-state index contributed by atoms with van der Waals surface area (Å²) >= 11 is 0. The zero-order valence-electron chi connectivity index (χ0n) is 14.4. The molecule has 1 heterocycles. The van der Waals surface area contributed by atoms with Gasteiger partial charge >= 0.3 is 0 Å². The van der Waals surface area contributed by atoms with Gasteiger partial charge in [0.15, 0.2) is 0 Å². The topological polar surface area (TPSA) is 26.3 Å². The Labute approximate surface area is 135 Å². The standard InChI is InChI=1S/C20H32O2/c1-19-8-4-3-5-18(19)20(2)12-15(14-7-10-22-13-14)11-17(21)16(20)6-9-19/h14-16,18H,3-13H2,1-2H3/t14?,15?,16?,18?,19-,20+/m1/s1. The number of ether oxygens (including phenoxy) is 1. The van der Waals surface area contributed by atoms with E-state index >= 15 is 0 Å². The van der Waals surface area contributed by atoms with Gasteiger partial charge in [-0.2, -0.15) is 0 Å². The van der Waals surface area contributed by atoms with Crippen LogP contribution in [0.2, 0.25) is 0 Å². The maximum absolute atomic E-state index is 12.9. The molecule has 0 radical (unpaired) electrons. The summed E-state index contributed by atoms with van der Waals surface area (Å²) in [6, 6.07) is 0. The lowest BCUT2D eigenvalue weighted by Crippen LogP contribution is -2.55. The van der Waals surface area contributed by atoms with E-state index in [1.807, 2.05) is 0 Å². The van der Waals surface area contributed by atoms with Crippen LogP contribution in [0.25, 0.3) is 0 Å². The molecule has 4 fully saturated rings. The number of hydrogen-bond donors (Lipinski definition) is 0. The molecule has 2 nitrogen and oxygen atoms in total. The molecular formula is C20H32O2. The fourth-order valence-corrected chi connectivity index (χ4v) is 6.98. The minimum absolute atomic E-state index is 0.274. The summed E-state index contributed by atoms with van der Waals surface area (Å²) in [5, 5.41) is 0. The Balaban J connectivity index is 1.63. The minimum Gasteiger partial charge on any atom is -0.381 e. The Morgan fingerprint density at radius 3 is 2.68 bits per heavy atom. The summed E-state index contributed by atoms with van der Waals surface area (Å²) in [7, 11) is 0. The third-order valence-corrected chi connectivity index (χ3v) is 8.11. The SMILES string of the molecule is C[C@]12CCCCC1[C@@]1(C)CC(C3CCOC3)CC(=O)C1CC2. The third-order valence-electron chi connectivity index (χ3n) is 8.11.